The summed E-state index contributed by atoms with van der Waals surface area (Å²) >= 11 is 1.58. The van der Waals surface area contributed by atoms with Crippen molar-refractivity contribution in [2.24, 2.45) is 0 Å². The van der Waals surface area contributed by atoms with Crippen LogP contribution in [0.1, 0.15) is 11.6 Å². The molecule has 2 rings (SSSR count). The maximum Gasteiger partial charge on any atom is 0.319 e. The minimum absolute atomic E-state index is 0.00866. The Labute approximate surface area is 131 Å². The summed E-state index contributed by atoms with van der Waals surface area (Å²) in [5, 5.41) is 8.96. The quantitative estimate of drug-likeness (QED) is 0.884. The van der Waals surface area contributed by atoms with Crippen molar-refractivity contribution in [1.82, 2.24) is 10.2 Å². The third kappa shape index (κ3) is 4.25. The third-order valence-corrected chi connectivity index (χ3v) is 3.89. The zero-order chi connectivity index (χ0) is 16.1. The van der Waals surface area contributed by atoms with Crippen molar-refractivity contribution in [3.63, 3.8) is 0 Å². The van der Waals surface area contributed by atoms with E-state index in [1.54, 1.807) is 11.3 Å². The summed E-state index contributed by atoms with van der Waals surface area (Å²) in [6, 6.07) is 4.33. The van der Waals surface area contributed by atoms with Crippen molar-refractivity contribution >= 4 is 23.1 Å². The zero-order valence-corrected chi connectivity index (χ0v) is 13.1. The highest BCUT2D eigenvalue weighted by molar-refractivity contribution is 7.07. The van der Waals surface area contributed by atoms with Gasteiger partial charge in [0.05, 0.1) is 11.7 Å². The second kappa shape index (κ2) is 7.33. The van der Waals surface area contributed by atoms with Gasteiger partial charge in [-0.2, -0.15) is 11.3 Å². The monoisotopic (exact) mass is 325 g/mol. The Morgan fingerprint density at radius 2 is 2.09 bits per heavy atom. The molecule has 0 aliphatic carbocycles. The van der Waals surface area contributed by atoms with Crippen LogP contribution in [-0.4, -0.2) is 31.6 Å². The number of anilines is 1. The number of amides is 2. The topological polar surface area (TPSA) is 44.4 Å². The fraction of sp³-hybridized carbons (Fsp3) is 0.267. The maximum atomic E-state index is 13.5. The first-order valence-corrected chi connectivity index (χ1v) is 7.60. The first-order valence-electron chi connectivity index (χ1n) is 6.66. The van der Waals surface area contributed by atoms with Crippen molar-refractivity contribution < 1.29 is 13.6 Å². The number of likely N-dealkylation sites (N-methyl/N-ethyl adjacent to an activating group) is 1. The van der Waals surface area contributed by atoms with Gasteiger partial charge in [-0.1, -0.05) is 0 Å². The van der Waals surface area contributed by atoms with E-state index in [1.807, 2.05) is 35.8 Å². The molecule has 7 heteroatoms. The summed E-state index contributed by atoms with van der Waals surface area (Å²) < 4.78 is 26.5. The lowest BCUT2D eigenvalue weighted by atomic mass is 10.1. The van der Waals surface area contributed by atoms with E-state index in [1.165, 1.54) is 0 Å². The molecule has 0 fully saturated rings. The lowest BCUT2D eigenvalue weighted by Crippen LogP contribution is -2.36. The number of rotatable bonds is 5. The van der Waals surface area contributed by atoms with E-state index in [0.29, 0.717) is 6.54 Å². The summed E-state index contributed by atoms with van der Waals surface area (Å²) in [5.41, 5.74) is 0.904. The molecule has 1 aromatic heterocycles. The molecule has 118 valence electrons. The van der Waals surface area contributed by atoms with E-state index < -0.39 is 17.7 Å². The van der Waals surface area contributed by atoms with E-state index in [2.05, 4.69) is 10.6 Å². The third-order valence-electron chi connectivity index (χ3n) is 3.18. The molecular weight excluding hydrogens is 308 g/mol. The van der Waals surface area contributed by atoms with Crippen molar-refractivity contribution in [3.05, 3.63) is 52.2 Å². The number of nitrogens with zero attached hydrogens (tertiary/aromatic N) is 1. The molecular formula is C15H17F2N3OS. The highest BCUT2D eigenvalue weighted by Gasteiger charge is 2.16. The Bertz CT molecular complexity index is 632. The molecule has 0 spiro atoms. The van der Waals surface area contributed by atoms with Gasteiger partial charge in [-0.3, -0.25) is 0 Å². The first kappa shape index (κ1) is 16.4. The normalized spacial score (nSPS) is 12.2. The smallest absolute Gasteiger partial charge is 0.319 e. The second-order valence-electron chi connectivity index (χ2n) is 5.00. The Morgan fingerprint density at radius 3 is 2.73 bits per heavy atom. The number of halogens is 2. The van der Waals surface area contributed by atoms with E-state index in [4.69, 9.17) is 0 Å². The molecule has 0 saturated carbocycles. The van der Waals surface area contributed by atoms with E-state index in [-0.39, 0.29) is 11.7 Å². The number of carbonyl (C=O) groups excluding carboxylic acids is 1. The predicted molar refractivity (Wildman–Crippen MR) is 84.1 cm³/mol. The highest BCUT2D eigenvalue weighted by atomic mass is 32.1. The van der Waals surface area contributed by atoms with Crippen molar-refractivity contribution in [2.45, 2.75) is 6.04 Å². The standard InChI is InChI=1S/C15H17F2N3OS/c1-20(2)14(10-5-6-22-9-10)8-18-15(21)19-13-7-11(16)3-4-12(13)17/h3-7,9,14H,8H2,1-2H3,(H2,18,19,21). The lowest BCUT2D eigenvalue weighted by Gasteiger charge is -2.24. The second-order valence-corrected chi connectivity index (χ2v) is 5.78. The average molecular weight is 325 g/mol. The molecule has 0 aliphatic heterocycles. The van der Waals surface area contributed by atoms with E-state index in [9.17, 15) is 13.6 Å². The summed E-state index contributed by atoms with van der Waals surface area (Å²) in [5.74, 6) is -1.29. The summed E-state index contributed by atoms with van der Waals surface area (Å²) in [7, 11) is 3.82. The van der Waals surface area contributed by atoms with Gasteiger partial charge in [0.25, 0.3) is 0 Å². The maximum absolute atomic E-state index is 13.5. The minimum atomic E-state index is -0.682. The number of benzene rings is 1. The predicted octanol–water partition coefficient (Wildman–Crippen LogP) is 3.45. The molecule has 1 aromatic carbocycles. The Kier molecular flexibility index (Phi) is 5.46. The molecule has 2 N–H and O–H groups in total. The number of carbonyl (C=O) groups is 1. The van der Waals surface area contributed by atoms with Crippen LogP contribution in [-0.2, 0) is 0 Å². The summed E-state index contributed by atoms with van der Waals surface area (Å²) in [6.07, 6.45) is 0. The van der Waals surface area contributed by atoms with Crippen LogP contribution < -0.4 is 10.6 Å². The van der Waals surface area contributed by atoms with Crippen LogP contribution in [0, 0.1) is 11.6 Å². The van der Waals surface area contributed by atoms with Crippen LogP contribution >= 0.6 is 11.3 Å². The summed E-state index contributed by atoms with van der Waals surface area (Å²) in [6.45, 7) is 0.354. The van der Waals surface area contributed by atoms with Crippen LogP contribution in [0.2, 0.25) is 0 Å². The fourth-order valence-electron chi connectivity index (χ4n) is 2.01. The molecule has 0 saturated heterocycles. The van der Waals surface area contributed by atoms with Crippen molar-refractivity contribution in [3.8, 4) is 0 Å². The van der Waals surface area contributed by atoms with Crippen LogP contribution in [0.5, 0.6) is 0 Å². The van der Waals surface area contributed by atoms with Crippen LogP contribution in [0.25, 0.3) is 0 Å². The molecule has 2 aromatic rings. The summed E-state index contributed by atoms with van der Waals surface area (Å²) in [4.78, 5) is 13.8. The van der Waals surface area contributed by atoms with Gasteiger partial charge in [0.15, 0.2) is 0 Å². The van der Waals surface area contributed by atoms with Crippen LogP contribution in [0.3, 0.4) is 0 Å². The highest BCUT2D eigenvalue weighted by Crippen LogP contribution is 2.20. The Morgan fingerprint density at radius 1 is 1.32 bits per heavy atom. The van der Waals surface area contributed by atoms with E-state index >= 15 is 0 Å². The number of hydrogen-bond acceptors (Lipinski definition) is 3. The van der Waals surface area contributed by atoms with Gasteiger partial charge in [0.1, 0.15) is 11.6 Å². The van der Waals surface area contributed by atoms with Crippen molar-refractivity contribution in [1.29, 1.82) is 0 Å². The van der Waals surface area contributed by atoms with Crippen LogP contribution in [0.15, 0.2) is 35.0 Å². The molecule has 4 nitrogen and oxygen atoms in total. The minimum Gasteiger partial charge on any atom is -0.336 e. The van der Waals surface area contributed by atoms with Gasteiger partial charge in [-0.25, -0.2) is 13.6 Å². The molecule has 2 amide bonds. The molecule has 0 aliphatic rings. The van der Waals surface area contributed by atoms with Gasteiger partial charge >= 0.3 is 6.03 Å². The molecule has 0 radical (unpaired) electrons. The number of urea groups is 1. The molecule has 22 heavy (non-hydrogen) atoms. The van der Waals surface area contributed by atoms with E-state index in [0.717, 1.165) is 23.8 Å². The fourth-order valence-corrected chi connectivity index (χ4v) is 2.72. The number of nitrogens with one attached hydrogen (secondary N) is 2. The van der Waals surface area contributed by atoms with Gasteiger partial charge in [-0.05, 0) is 48.6 Å². The zero-order valence-electron chi connectivity index (χ0n) is 12.3. The Balaban J connectivity index is 1.95. The van der Waals surface area contributed by atoms with Gasteiger partial charge in [0, 0.05) is 12.6 Å². The van der Waals surface area contributed by atoms with Gasteiger partial charge in [0.2, 0.25) is 0 Å². The van der Waals surface area contributed by atoms with Crippen molar-refractivity contribution in [2.75, 3.05) is 26.0 Å². The molecule has 1 heterocycles. The van der Waals surface area contributed by atoms with Gasteiger partial charge < -0.3 is 15.5 Å². The Hall–Kier alpha value is -1.99. The largest absolute Gasteiger partial charge is 0.336 e. The molecule has 1 unspecified atom stereocenters. The van der Waals surface area contributed by atoms with Crippen LogP contribution in [0.4, 0.5) is 19.3 Å². The molecule has 0 bridgehead atoms. The number of hydrogen-bond donors (Lipinski definition) is 2. The first-order chi connectivity index (χ1) is 10.5. The lowest BCUT2D eigenvalue weighted by molar-refractivity contribution is 0.243. The average Bonchev–Trinajstić information content (AvgIpc) is 2.96. The molecule has 1 atom stereocenters. The van der Waals surface area contributed by atoms with Gasteiger partial charge in [-0.15, -0.1) is 0 Å². The number of thiophene rings is 1. The SMILES string of the molecule is CN(C)C(CNC(=O)Nc1cc(F)ccc1F)c1ccsc1.